The summed E-state index contributed by atoms with van der Waals surface area (Å²) >= 11 is 0. The normalized spacial score (nSPS) is 17.0. The number of hydrogen-bond donors (Lipinski definition) is 1. The van der Waals surface area contributed by atoms with Gasteiger partial charge in [-0.15, -0.1) is 0 Å². The summed E-state index contributed by atoms with van der Waals surface area (Å²) in [4.78, 5) is 2.38. The Bertz CT molecular complexity index is 363. The predicted molar refractivity (Wildman–Crippen MR) is 83.6 cm³/mol. The molecule has 1 atom stereocenters. The van der Waals surface area contributed by atoms with E-state index in [2.05, 4.69) is 55.3 Å². The van der Waals surface area contributed by atoms with Gasteiger partial charge in [-0.3, -0.25) is 0 Å². The molecule has 106 valence electrons. The Kier molecular flexibility index (Phi) is 5.26. The van der Waals surface area contributed by atoms with Crippen LogP contribution < -0.4 is 10.2 Å². The van der Waals surface area contributed by atoms with Gasteiger partial charge in [0, 0.05) is 31.4 Å². The molecule has 1 aromatic carbocycles. The lowest BCUT2D eigenvalue weighted by atomic mass is 9.80. The molecule has 1 saturated carbocycles. The highest BCUT2D eigenvalue weighted by Gasteiger charge is 2.23. The van der Waals surface area contributed by atoms with Crippen LogP contribution in [0.1, 0.15) is 45.6 Å². The predicted octanol–water partition coefficient (Wildman–Crippen LogP) is 3.81. The van der Waals surface area contributed by atoms with Gasteiger partial charge in [0.05, 0.1) is 0 Å². The minimum Gasteiger partial charge on any atom is -0.372 e. The van der Waals surface area contributed by atoms with Crippen LogP contribution in [0.3, 0.4) is 0 Å². The maximum Gasteiger partial charge on any atom is 0.0366 e. The van der Waals surface area contributed by atoms with E-state index >= 15 is 0 Å². The van der Waals surface area contributed by atoms with Crippen LogP contribution in [0.15, 0.2) is 24.3 Å². The highest BCUT2D eigenvalue weighted by atomic mass is 15.1. The summed E-state index contributed by atoms with van der Waals surface area (Å²) in [6.45, 7) is 9.89. The molecule has 19 heavy (non-hydrogen) atoms. The van der Waals surface area contributed by atoms with Crippen molar-refractivity contribution >= 4 is 5.69 Å². The molecule has 1 aromatic rings. The number of nitrogens with one attached hydrogen (secondary N) is 1. The van der Waals surface area contributed by atoms with Crippen molar-refractivity contribution in [3.8, 4) is 0 Å². The zero-order chi connectivity index (χ0) is 13.7. The second-order valence-electron chi connectivity index (χ2n) is 5.70. The minimum absolute atomic E-state index is 0.663. The second kappa shape index (κ2) is 6.95. The standard InChI is InChI=1S/C17H28N2/c1-4-19(5-2)17-11-9-15(10-12-17)13-18-14(3)16-7-6-8-16/h9-12,14,16,18H,4-8,13H2,1-3H3. The van der Waals surface area contributed by atoms with Crippen LogP contribution in [-0.2, 0) is 6.54 Å². The van der Waals surface area contributed by atoms with E-state index in [9.17, 15) is 0 Å². The number of benzene rings is 1. The van der Waals surface area contributed by atoms with Crippen LogP contribution in [0.25, 0.3) is 0 Å². The fourth-order valence-electron chi connectivity index (χ4n) is 2.80. The minimum atomic E-state index is 0.663. The number of anilines is 1. The van der Waals surface area contributed by atoms with Crippen molar-refractivity contribution in [1.82, 2.24) is 5.32 Å². The molecule has 0 saturated heterocycles. The van der Waals surface area contributed by atoms with E-state index in [4.69, 9.17) is 0 Å². The molecule has 1 N–H and O–H groups in total. The molecule has 1 fully saturated rings. The zero-order valence-electron chi connectivity index (χ0n) is 12.7. The Morgan fingerprint density at radius 2 is 1.79 bits per heavy atom. The highest BCUT2D eigenvalue weighted by molar-refractivity contribution is 5.47. The fraction of sp³-hybridized carbons (Fsp3) is 0.647. The molecule has 0 aromatic heterocycles. The molecule has 0 spiro atoms. The number of rotatable bonds is 7. The van der Waals surface area contributed by atoms with Gasteiger partial charge in [-0.2, -0.15) is 0 Å². The summed E-state index contributed by atoms with van der Waals surface area (Å²) in [5.41, 5.74) is 2.72. The van der Waals surface area contributed by atoms with E-state index in [1.54, 1.807) is 0 Å². The van der Waals surface area contributed by atoms with Crippen molar-refractivity contribution in [1.29, 1.82) is 0 Å². The van der Waals surface area contributed by atoms with Crippen molar-refractivity contribution < 1.29 is 0 Å². The lowest BCUT2D eigenvalue weighted by molar-refractivity contribution is 0.240. The van der Waals surface area contributed by atoms with E-state index in [0.717, 1.165) is 25.6 Å². The molecule has 0 bridgehead atoms. The van der Waals surface area contributed by atoms with Crippen molar-refractivity contribution in [2.75, 3.05) is 18.0 Å². The van der Waals surface area contributed by atoms with E-state index in [1.807, 2.05) is 0 Å². The SMILES string of the molecule is CCN(CC)c1ccc(CNC(C)C2CCC2)cc1. The third kappa shape index (κ3) is 3.73. The first-order valence-electron chi connectivity index (χ1n) is 7.81. The van der Waals surface area contributed by atoms with Crippen molar-refractivity contribution in [3.05, 3.63) is 29.8 Å². The first kappa shape index (κ1) is 14.4. The van der Waals surface area contributed by atoms with Crippen molar-refractivity contribution in [2.24, 2.45) is 5.92 Å². The first-order chi connectivity index (χ1) is 9.24. The molecule has 1 unspecified atom stereocenters. The van der Waals surface area contributed by atoms with Gasteiger partial charge in [0.15, 0.2) is 0 Å². The Labute approximate surface area is 118 Å². The summed E-state index contributed by atoms with van der Waals surface area (Å²) in [7, 11) is 0. The topological polar surface area (TPSA) is 15.3 Å². The second-order valence-corrected chi connectivity index (χ2v) is 5.70. The maximum absolute atomic E-state index is 3.66. The van der Waals surface area contributed by atoms with Gasteiger partial charge in [0.2, 0.25) is 0 Å². The summed E-state index contributed by atoms with van der Waals surface area (Å²) in [6, 6.07) is 9.68. The number of hydrogen-bond acceptors (Lipinski definition) is 2. The van der Waals surface area contributed by atoms with E-state index in [0.29, 0.717) is 6.04 Å². The first-order valence-corrected chi connectivity index (χ1v) is 7.81. The van der Waals surface area contributed by atoms with Crippen LogP contribution in [0.5, 0.6) is 0 Å². The average Bonchev–Trinajstić information content (AvgIpc) is 2.37. The fourth-order valence-corrected chi connectivity index (χ4v) is 2.80. The Balaban J connectivity index is 1.84. The molecular formula is C17H28N2. The van der Waals surface area contributed by atoms with Gasteiger partial charge in [-0.1, -0.05) is 18.6 Å². The molecule has 2 nitrogen and oxygen atoms in total. The van der Waals surface area contributed by atoms with Gasteiger partial charge in [-0.05, 0) is 57.2 Å². The van der Waals surface area contributed by atoms with E-state index in [1.165, 1.54) is 30.5 Å². The van der Waals surface area contributed by atoms with Crippen LogP contribution in [0.4, 0.5) is 5.69 Å². The monoisotopic (exact) mass is 260 g/mol. The largest absolute Gasteiger partial charge is 0.372 e. The summed E-state index contributed by atoms with van der Waals surface area (Å²) in [6.07, 6.45) is 4.25. The van der Waals surface area contributed by atoms with Crippen LogP contribution in [0.2, 0.25) is 0 Å². The smallest absolute Gasteiger partial charge is 0.0366 e. The summed E-state index contributed by atoms with van der Waals surface area (Å²) in [5, 5.41) is 3.66. The molecule has 0 heterocycles. The summed E-state index contributed by atoms with van der Waals surface area (Å²) in [5.74, 6) is 0.912. The third-order valence-corrected chi connectivity index (χ3v) is 4.55. The van der Waals surface area contributed by atoms with Crippen molar-refractivity contribution in [2.45, 2.75) is 52.6 Å². The van der Waals surface area contributed by atoms with E-state index < -0.39 is 0 Å². The third-order valence-electron chi connectivity index (χ3n) is 4.55. The molecule has 1 aliphatic rings. The van der Waals surface area contributed by atoms with Crippen LogP contribution >= 0.6 is 0 Å². The van der Waals surface area contributed by atoms with Gasteiger partial charge in [0.1, 0.15) is 0 Å². The lowest BCUT2D eigenvalue weighted by Crippen LogP contribution is -2.36. The van der Waals surface area contributed by atoms with Gasteiger partial charge >= 0.3 is 0 Å². The van der Waals surface area contributed by atoms with Gasteiger partial charge < -0.3 is 10.2 Å². The molecule has 1 aliphatic carbocycles. The van der Waals surface area contributed by atoms with Gasteiger partial charge in [-0.25, -0.2) is 0 Å². The molecular weight excluding hydrogens is 232 g/mol. The molecule has 0 radical (unpaired) electrons. The average molecular weight is 260 g/mol. The van der Waals surface area contributed by atoms with E-state index in [-0.39, 0.29) is 0 Å². The van der Waals surface area contributed by atoms with Gasteiger partial charge in [0.25, 0.3) is 0 Å². The Morgan fingerprint density at radius 1 is 1.16 bits per heavy atom. The molecule has 0 amide bonds. The van der Waals surface area contributed by atoms with Crippen molar-refractivity contribution in [3.63, 3.8) is 0 Å². The Hall–Kier alpha value is -1.02. The quantitative estimate of drug-likeness (QED) is 0.802. The molecule has 2 rings (SSSR count). The summed E-state index contributed by atoms with van der Waals surface area (Å²) < 4.78 is 0. The molecule has 2 heteroatoms. The Morgan fingerprint density at radius 3 is 2.26 bits per heavy atom. The maximum atomic E-state index is 3.66. The number of nitrogens with zero attached hydrogens (tertiary/aromatic N) is 1. The molecule has 0 aliphatic heterocycles. The highest BCUT2D eigenvalue weighted by Crippen LogP contribution is 2.29. The zero-order valence-corrected chi connectivity index (χ0v) is 12.7. The lowest BCUT2D eigenvalue weighted by Gasteiger charge is -2.32. The van der Waals surface area contributed by atoms with Crippen LogP contribution in [0, 0.1) is 5.92 Å². The van der Waals surface area contributed by atoms with Crippen LogP contribution in [-0.4, -0.2) is 19.1 Å².